The standard InChI is InChI=1S/C16H18N2O6S3/c1-11-10-26(20,21)18(16(11)19)12-5-6-14(24-2)15(8-12)27(22,23)17-9-13-4-3-7-25-13/h3-8,11,17H,9-10H2,1-2H3. The Morgan fingerprint density at radius 3 is 2.63 bits per heavy atom. The van der Waals surface area contributed by atoms with Crippen molar-refractivity contribution in [1.82, 2.24) is 4.72 Å². The first-order valence-electron chi connectivity index (χ1n) is 7.92. The lowest BCUT2D eigenvalue weighted by molar-refractivity contribution is -0.119. The molecule has 1 saturated heterocycles. The number of hydrogen-bond acceptors (Lipinski definition) is 7. The Kier molecular flexibility index (Phi) is 5.30. The second kappa shape index (κ2) is 7.23. The lowest BCUT2D eigenvalue weighted by Gasteiger charge is -2.18. The van der Waals surface area contributed by atoms with Crippen molar-refractivity contribution in [1.29, 1.82) is 0 Å². The number of methoxy groups -OCH3 is 1. The molecular formula is C16H18N2O6S3. The van der Waals surface area contributed by atoms with Crippen LogP contribution in [-0.2, 0) is 31.4 Å². The number of nitrogens with one attached hydrogen (secondary N) is 1. The van der Waals surface area contributed by atoms with Crippen molar-refractivity contribution < 1.29 is 26.4 Å². The monoisotopic (exact) mass is 430 g/mol. The Hall–Kier alpha value is -1.95. The van der Waals surface area contributed by atoms with Gasteiger partial charge in [0.2, 0.25) is 26.0 Å². The first kappa shape index (κ1) is 19.8. The molecule has 1 fully saturated rings. The molecule has 1 atom stereocenters. The maximum absolute atomic E-state index is 12.7. The van der Waals surface area contributed by atoms with Crippen LogP contribution in [0.2, 0.25) is 0 Å². The van der Waals surface area contributed by atoms with Crippen LogP contribution in [0.15, 0.2) is 40.6 Å². The highest BCUT2D eigenvalue weighted by Gasteiger charge is 2.42. The maximum Gasteiger partial charge on any atom is 0.244 e. The molecule has 1 unspecified atom stereocenters. The Labute approximate surface area is 161 Å². The largest absolute Gasteiger partial charge is 0.495 e. The molecule has 2 aromatic rings. The molecule has 1 aromatic carbocycles. The highest BCUT2D eigenvalue weighted by atomic mass is 32.2. The molecule has 1 aromatic heterocycles. The van der Waals surface area contributed by atoms with Gasteiger partial charge in [-0.1, -0.05) is 13.0 Å². The van der Waals surface area contributed by atoms with Gasteiger partial charge in [0, 0.05) is 11.4 Å². The third kappa shape index (κ3) is 3.86. The van der Waals surface area contributed by atoms with Crippen molar-refractivity contribution in [2.24, 2.45) is 5.92 Å². The molecule has 1 aliphatic heterocycles. The van der Waals surface area contributed by atoms with E-state index in [1.165, 1.54) is 37.5 Å². The Balaban J connectivity index is 2.00. The average molecular weight is 431 g/mol. The van der Waals surface area contributed by atoms with E-state index in [4.69, 9.17) is 4.74 Å². The number of nitrogens with zero attached hydrogens (tertiary/aromatic N) is 1. The molecule has 0 radical (unpaired) electrons. The van der Waals surface area contributed by atoms with Crippen LogP contribution in [0.4, 0.5) is 5.69 Å². The summed E-state index contributed by atoms with van der Waals surface area (Å²) in [4.78, 5) is 12.9. The summed E-state index contributed by atoms with van der Waals surface area (Å²) < 4.78 is 58.3. The van der Waals surface area contributed by atoms with Crippen LogP contribution < -0.4 is 13.8 Å². The summed E-state index contributed by atoms with van der Waals surface area (Å²) >= 11 is 1.40. The van der Waals surface area contributed by atoms with E-state index in [0.717, 1.165) is 10.9 Å². The van der Waals surface area contributed by atoms with Crippen molar-refractivity contribution in [3.05, 3.63) is 40.6 Å². The van der Waals surface area contributed by atoms with E-state index in [0.29, 0.717) is 4.31 Å². The van der Waals surface area contributed by atoms with Gasteiger partial charge in [-0.3, -0.25) is 4.79 Å². The van der Waals surface area contributed by atoms with Crippen molar-refractivity contribution in [2.75, 3.05) is 17.2 Å². The van der Waals surface area contributed by atoms with Crippen molar-refractivity contribution in [3.8, 4) is 5.75 Å². The highest BCUT2D eigenvalue weighted by Crippen LogP contribution is 2.33. The maximum atomic E-state index is 12.7. The van der Waals surface area contributed by atoms with Crippen molar-refractivity contribution in [3.63, 3.8) is 0 Å². The zero-order valence-corrected chi connectivity index (χ0v) is 17.0. The first-order valence-corrected chi connectivity index (χ1v) is 11.9. The zero-order valence-electron chi connectivity index (χ0n) is 14.6. The minimum atomic E-state index is -4.00. The van der Waals surface area contributed by atoms with Gasteiger partial charge in [0.15, 0.2) is 0 Å². The van der Waals surface area contributed by atoms with E-state index in [-0.39, 0.29) is 28.6 Å². The van der Waals surface area contributed by atoms with Gasteiger partial charge in [-0.15, -0.1) is 11.3 Å². The predicted octanol–water partition coefficient (Wildman–Crippen LogP) is 1.55. The lowest BCUT2D eigenvalue weighted by atomic mass is 10.2. The third-order valence-corrected chi connectivity index (χ3v) is 8.22. The summed E-state index contributed by atoms with van der Waals surface area (Å²) in [5.41, 5.74) is -0.0263. The van der Waals surface area contributed by atoms with Gasteiger partial charge < -0.3 is 4.74 Å². The number of carbonyl (C=O) groups is 1. The van der Waals surface area contributed by atoms with E-state index >= 15 is 0 Å². The normalized spacial score (nSPS) is 19.4. The van der Waals surface area contributed by atoms with Gasteiger partial charge in [-0.25, -0.2) is 25.9 Å². The molecule has 0 spiro atoms. The number of anilines is 1. The smallest absolute Gasteiger partial charge is 0.244 e. The fourth-order valence-corrected chi connectivity index (χ4v) is 6.49. The minimum Gasteiger partial charge on any atom is -0.495 e. The van der Waals surface area contributed by atoms with E-state index in [9.17, 15) is 21.6 Å². The number of carbonyl (C=O) groups excluding carboxylic acids is 1. The summed E-state index contributed by atoms with van der Waals surface area (Å²) in [5, 5.41) is 1.83. The van der Waals surface area contributed by atoms with Crippen molar-refractivity contribution in [2.45, 2.75) is 18.4 Å². The van der Waals surface area contributed by atoms with Crippen LogP contribution in [0.25, 0.3) is 0 Å². The molecule has 11 heteroatoms. The summed E-state index contributed by atoms with van der Waals surface area (Å²) in [5.74, 6) is -1.53. The Morgan fingerprint density at radius 1 is 1.33 bits per heavy atom. The fourth-order valence-electron chi connectivity index (χ4n) is 2.75. The molecule has 27 heavy (non-hydrogen) atoms. The average Bonchev–Trinajstić information content (AvgIpc) is 3.19. The molecule has 0 saturated carbocycles. The topological polar surface area (TPSA) is 110 Å². The van der Waals surface area contributed by atoms with Crippen LogP contribution in [0.5, 0.6) is 5.75 Å². The van der Waals surface area contributed by atoms with Crippen LogP contribution in [-0.4, -0.2) is 35.6 Å². The van der Waals surface area contributed by atoms with Crippen LogP contribution >= 0.6 is 11.3 Å². The quantitative estimate of drug-likeness (QED) is 0.745. The van der Waals surface area contributed by atoms with Gasteiger partial charge in [0.05, 0.1) is 24.5 Å². The van der Waals surface area contributed by atoms with Crippen LogP contribution in [0.1, 0.15) is 11.8 Å². The molecule has 146 valence electrons. The number of hydrogen-bond donors (Lipinski definition) is 1. The van der Waals surface area contributed by atoms with Gasteiger partial charge in [-0.05, 0) is 29.6 Å². The van der Waals surface area contributed by atoms with Gasteiger partial charge in [0.25, 0.3) is 0 Å². The summed E-state index contributed by atoms with van der Waals surface area (Å²) in [6.07, 6.45) is 0. The number of ether oxygens (including phenoxy) is 1. The van der Waals surface area contributed by atoms with Crippen LogP contribution in [0, 0.1) is 5.92 Å². The summed E-state index contributed by atoms with van der Waals surface area (Å²) in [6, 6.07) is 7.42. The highest BCUT2D eigenvalue weighted by molar-refractivity contribution is 7.94. The summed E-state index contributed by atoms with van der Waals surface area (Å²) in [6.45, 7) is 1.61. The predicted molar refractivity (Wildman–Crippen MR) is 102 cm³/mol. The SMILES string of the molecule is COc1ccc(N2C(=O)C(C)CS2(=O)=O)cc1S(=O)(=O)NCc1cccs1. The molecule has 0 aliphatic carbocycles. The van der Waals surface area contributed by atoms with Crippen molar-refractivity contribution >= 4 is 43.0 Å². The Morgan fingerprint density at radius 2 is 2.07 bits per heavy atom. The van der Waals surface area contributed by atoms with E-state index in [1.807, 2.05) is 5.38 Å². The molecule has 1 N–H and O–H groups in total. The molecule has 0 bridgehead atoms. The lowest BCUT2D eigenvalue weighted by Crippen LogP contribution is -2.31. The molecule has 3 rings (SSSR count). The number of amides is 1. The minimum absolute atomic E-state index is 0.0263. The van der Waals surface area contributed by atoms with Gasteiger partial charge in [-0.2, -0.15) is 0 Å². The molecule has 8 nitrogen and oxygen atoms in total. The summed E-state index contributed by atoms with van der Waals surface area (Å²) in [7, 11) is -6.53. The second-order valence-electron chi connectivity index (χ2n) is 6.02. The Bertz CT molecular complexity index is 1060. The number of rotatable bonds is 6. The van der Waals surface area contributed by atoms with Gasteiger partial charge >= 0.3 is 0 Å². The first-order chi connectivity index (χ1) is 12.7. The molecule has 2 heterocycles. The van der Waals surface area contributed by atoms with Gasteiger partial charge in [0.1, 0.15) is 10.6 Å². The third-order valence-electron chi connectivity index (χ3n) is 4.05. The van der Waals surface area contributed by atoms with E-state index in [1.54, 1.807) is 12.1 Å². The number of thiophene rings is 1. The van der Waals surface area contributed by atoms with E-state index in [2.05, 4.69) is 4.72 Å². The number of benzene rings is 1. The van der Waals surface area contributed by atoms with Crippen LogP contribution in [0.3, 0.4) is 0 Å². The number of sulfonamides is 2. The molecule has 1 amide bonds. The molecule has 1 aliphatic rings. The molecular weight excluding hydrogens is 412 g/mol. The second-order valence-corrected chi connectivity index (χ2v) is 10.7. The van der Waals surface area contributed by atoms with E-state index < -0.39 is 31.9 Å². The fraction of sp³-hybridized carbons (Fsp3) is 0.312. The zero-order chi connectivity index (χ0) is 19.8.